The fourth-order valence-corrected chi connectivity index (χ4v) is 3.76. The van der Waals surface area contributed by atoms with E-state index in [1.54, 1.807) is 7.11 Å². The van der Waals surface area contributed by atoms with Crippen LogP contribution in [0.3, 0.4) is 0 Å². The van der Waals surface area contributed by atoms with E-state index in [0.29, 0.717) is 39.1 Å². The molecule has 0 saturated carbocycles. The first kappa shape index (κ1) is 21.8. The van der Waals surface area contributed by atoms with Crippen LogP contribution in [0.2, 0.25) is 0 Å². The standard InChI is InChI=1S/C24H31N3O3/c1-4-20-7-5-6-8-21(20)25-23(28)17-26-11-13-27(14-12-26)24(29)16-19-10-9-18(2)22(15-19)30-3/h5-10,15H,4,11-14,16-17H2,1-3H3,(H,25,28). The minimum Gasteiger partial charge on any atom is -0.496 e. The molecule has 2 amide bonds. The number of amides is 2. The smallest absolute Gasteiger partial charge is 0.238 e. The minimum atomic E-state index is -0.0116. The van der Waals surface area contributed by atoms with Gasteiger partial charge in [-0.2, -0.15) is 0 Å². The first-order valence-corrected chi connectivity index (χ1v) is 10.5. The molecule has 1 aliphatic heterocycles. The van der Waals surface area contributed by atoms with Gasteiger partial charge >= 0.3 is 0 Å². The van der Waals surface area contributed by atoms with Gasteiger partial charge in [0.1, 0.15) is 5.75 Å². The fraction of sp³-hybridized carbons (Fsp3) is 0.417. The molecule has 0 unspecified atom stereocenters. The average Bonchev–Trinajstić information content (AvgIpc) is 2.75. The predicted octanol–water partition coefficient (Wildman–Crippen LogP) is 2.89. The molecule has 0 radical (unpaired) electrons. The van der Waals surface area contributed by atoms with Gasteiger partial charge in [-0.05, 0) is 42.2 Å². The number of hydrogen-bond acceptors (Lipinski definition) is 4. The Balaban J connectivity index is 1.47. The largest absolute Gasteiger partial charge is 0.496 e. The van der Waals surface area contributed by atoms with Crippen LogP contribution >= 0.6 is 0 Å². The highest BCUT2D eigenvalue weighted by Crippen LogP contribution is 2.20. The number of nitrogens with zero attached hydrogens (tertiary/aromatic N) is 2. The second kappa shape index (κ2) is 10.3. The molecule has 0 bridgehead atoms. The van der Waals surface area contributed by atoms with E-state index in [1.165, 1.54) is 0 Å². The number of para-hydroxylation sites is 1. The topological polar surface area (TPSA) is 61.9 Å². The molecular weight excluding hydrogens is 378 g/mol. The number of aryl methyl sites for hydroxylation is 2. The average molecular weight is 410 g/mol. The van der Waals surface area contributed by atoms with Crippen molar-refractivity contribution in [3.05, 3.63) is 59.2 Å². The highest BCUT2D eigenvalue weighted by atomic mass is 16.5. The van der Waals surface area contributed by atoms with E-state index in [9.17, 15) is 9.59 Å². The number of hydrogen-bond donors (Lipinski definition) is 1. The molecule has 6 heteroatoms. The van der Waals surface area contributed by atoms with E-state index in [2.05, 4.69) is 17.1 Å². The van der Waals surface area contributed by atoms with Crippen LogP contribution < -0.4 is 10.1 Å². The summed E-state index contributed by atoms with van der Waals surface area (Å²) in [5.74, 6) is 0.907. The Morgan fingerprint density at radius 1 is 1.07 bits per heavy atom. The lowest BCUT2D eigenvalue weighted by atomic mass is 10.1. The van der Waals surface area contributed by atoms with E-state index in [4.69, 9.17) is 4.74 Å². The molecule has 6 nitrogen and oxygen atoms in total. The first-order chi connectivity index (χ1) is 14.5. The highest BCUT2D eigenvalue weighted by Gasteiger charge is 2.23. The van der Waals surface area contributed by atoms with Crippen molar-refractivity contribution in [1.29, 1.82) is 0 Å². The molecule has 1 heterocycles. The predicted molar refractivity (Wildman–Crippen MR) is 119 cm³/mol. The molecular formula is C24H31N3O3. The monoisotopic (exact) mass is 409 g/mol. The van der Waals surface area contributed by atoms with Crippen molar-refractivity contribution < 1.29 is 14.3 Å². The zero-order chi connectivity index (χ0) is 21.5. The fourth-order valence-electron chi connectivity index (χ4n) is 3.76. The van der Waals surface area contributed by atoms with Crippen molar-refractivity contribution in [2.45, 2.75) is 26.7 Å². The van der Waals surface area contributed by atoms with Gasteiger partial charge in [-0.1, -0.05) is 37.3 Å². The molecule has 30 heavy (non-hydrogen) atoms. The Kier molecular flexibility index (Phi) is 7.46. The number of methoxy groups -OCH3 is 1. The number of anilines is 1. The number of rotatable bonds is 7. The maximum atomic E-state index is 12.7. The first-order valence-electron chi connectivity index (χ1n) is 10.5. The Bertz CT molecular complexity index is 889. The molecule has 1 N–H and O–H groups in total. The molecule has 2 aromatic carbocycles. The van der Waals surface area contributed by atoms with E-state index in [0.717, 1.165) is 34.5 Å². The summed E-state index contributed by atoms with van der Waals surface area (Å²) in [5, 5.41) is 3.02. The van der Waals surface area contributed by atoms with Crippen molar-refractivity contribution >= 4 is 17.5 Å². The molecule has 3 rings (SSSR count). The van der Waals surface area contributed by atoms with Crippen LogP contribution in [0.5, 0.6) is 5.75 Å². The van der Waals surface area contributed by atoms with E-state index < -0.39 is 0 Å². The van der Waals surface area contributed by atoms with E-state index >= 15 is 0 Å². The van der Waals surface area contributed by atoms with Gasteiger partial charge in [0.15, 0.2) is 0 Å². The summed E-state index contributed by atoms with van der Waals surface area (Å²) in [7, 11) is 1.64. The van der Waals surface area contributed by atoms with Crippen LogP contribution in [0, 0.1) is 6.92 Å². The second-order valence-corrected chi connectivity index (χ2v) is 7.70. The van der Waals surface area contributed by atoms with Gasteiger partial charge in [0.2, 0.25) is 11.8 Å². The zero-order valence-electron chi connectivity index (χ0n) is 18.1. The van der Waals surface area contributed by atoms with Crippen molar-refractivity contribution in [2.75, 3.05) is 45.2 Å². The molecule has 160 valence electrons. The van der Waals surface area contributed by atoms with Crippen LogP contribution in [0.25, 0.3) is 0 Å². The number of carbonyl (C=O) groups is 2. The van der Waals surface area contributed by atoms with Crippen LogP contribution in [-0.4, -0.2) is 61.4 Å². The quantitative estimate of drug-likeness (QED) is 0.764. The molecule has 1 fully saturated rings. The molecule has 0 aromatic heterocycles. The Morgan fingerprint density at radius 3 is 2.50 bits per heavy atom. The van der Waals surface area contributed by atoms with Crippen LogP contribution in [0.1, 0.15) is 23.6 Å². The summed E-state index contributed by atoms with van der Waals surface area (Å²) in [6.07, 6.45) is 1.25. The lowest BCUT2D eigenvalue weighted by molar-refractivity contribution is -0.132. The number of ether oxygens (including phenoxy) is 1. The van der Waals surface area contributed by atoms with E-state index in [1.807, 2.05) is 54.3 Å². The summed E-state index contributed by atoms with van der Waals surface area (Å²) < 4.78 is 5.35. The van der Waals surface area contributed by atoms with Crippen LogP contribution in [0.15, 0.2) is 42.5 Å². The Labute approximate surface area is 178 Å². The lowest BCUT2D eigenvalue weighted by Gasteiger charge is -2.34. The van der Waals surface area contributed by atoms with Crippen LogP contribution in [0.4, 0.5) is 5.69 Å². The summed E-state index contributed by atoms with van der Waals surface area (Å²) in [6, 6.07) is 13.8. The normalized spacial score (nSPS) is 14.4. The van der Waals surface area contributed by atoms with Gasteiger partial charge in [-0.15, -0.1) is 0 Å². The number of benzene rings is 2. The maximum Gasteiger partial charge on any atom is 0.238 e. The number of piperazine rings is 1. The highest BCUT2D eigenvalue weighted by molar-refractivity contribution is 5.93. The van der Waals surface area contributed by atoms with Gasteiger partial charge in [-0.25, -0.2) is 0 Å². The molecule has 0 spiro atoms. The molecule has 2 aromatic rings. The summed E-state index contributed by atoms with van der Waals surface area (Å²) in [6.45, 7) is 7.09. The molecule has 1 aliphatic rings. The Morgan fingerprint density at radius 2 is 1.80 bits per heavy atom. The number of carbonyl (C=O) groups excluding carboxylic acids is 2. The third-order valence-electron chi connectivity index (χ3n) is 5.59. The summed E-state index contributed by atoms with van der Waals surface area (Å²) in [5.41, 5.74) is 4.03. The molecule has 0 atom stereocenters. The third-order valence-corrected chi connectivity index (χ3v) is 5.59. The SMILES string of the molecule is CCc1ccccc1NC(=O)CN1CCN(C(=O)Cc2ccc(C)c(OC)c2)CC1. The van der Waals surface area contributed by atoms with Crippen molar-refractivity contribution in [1.82, 2.24) is 9.80 Å². The maximum absolute atomic E-state index is 12.7. The van der Waals surface area contributed by atoms with Gasteiger partial charge in [0, 0.05) is 31.9 Å². The summed E-state index contributed by atoms with van der Waals surface area (Å²) in [4.78, 5) is 29.1. The minimum absolute atomic E-state index is 0.0116. The van der Waals surface area contributed by atoms with Crippen molar-refractivity contribution in [3.8, 4) is 5.75 Å². The third kappa shape index (κ3) is 5.60. The second-order valence-electron chi connectivity index (χ2n) is 7.70. The van der Waals surface area contributed by atoms with Gasteiger partial charge < -0.3 is 15.0 Å². The zero-order valence-corrected chi connectivity index (χ0v) is 18.1. The van der Waals surface area contributed by atoms with E-state index in [-0.39, 0.29) is 11.8 Å². The van der Waals surface area contributed by atoms with Gasteiger partial charge in [0.25, 0.3) is 0 Å². The molecule has 0 aliphatic carbocycles. The lowest BCUT2D eigenvalue weighted by Crippen LogP contribution is -2.50. The van der Waals surface area contributed by atoms with Gasteiger partial charge in [0.05, 0.1) is 20.1 Å². The van der Waals surface area contributed by atoms with Gasteiger partial charge in [-0.3, -0.25) is 14.5 Å². The Hall–Kier alpha value is -2.86. The summed E-state index contributed by atoms with van der Waals surface area (Å²) >= 11 is 0. The molecule has 1 saturated heterocycles. The van der Waals surface area contributed by atoms with Crippen molar-refractivity contribution in [2.24, 2.45) is 0 Å². The number of nitrogens with one attached hydrogen (secondary N) is 1. The van der Waals surface area contributed by atoms with Crippen LogP contribution in [-0.2, 0) is 22.4 Å². The van der Waals surface area contributed by atoms with Crippen molar-refractivity contribution in [3.63, 3.8) is 0 Å².